The van der Waals surface area contributed by atoms with Gasteiger partial charge in [-0.15, -0.1) is 0 Å². The van der Waals surface area contributed by atoms with Gasteiger partial charge in [-0.1, -0.05) is 17.7 Å². The normalized spacial score (nSPS) is 15.2. The van der Waals surface area contributed by atoms with Gasteiger partial charge in [-0.05, 0) is 74.3 Å². The van der Waals surface area contributed by atoms with Crippen molar-refractivity contribution in [3.8, 4) is 33.7 Å². The summed E-state index contributed by atoms with van der Waals surface area (Å²) in [5, 5.41) is 14.9. The summed E-state index contributed by atoms with van der Waals surface area (Å²) < 4.78 is 17.7. The van der Waals surface area contributed by atoms with E-state index in [1.807, 2.05) is 13.1 Å². The van der Waals surface area contributed by atoms with Crippen LogP contribution in [0.3, 0.4) is 0 Å². The molecule has 0 bridgehead atoms. The van der Waals surface area contributed by atoms with Crippen LogP contribution in [0.1, 0.15) is 19.8 Å². The monoisotopic (exact) mass is 521 g/mol. The van der Waals surface area contributed by atoms with Crippen molar-refractivity contribution in [3.05, 3.63) is 82.4 Å². The van der Waals surface area contributed by atoms with Crippen LogP contribution in [0.5, 0.6) is 5.75 Å². The third kappa shape index (κ3) is 4.74. The lowest BCUT2D eigenvalue weighted by molar-refractivity contribution is 0.304. The van der Waals surface area contributed by atoms with Gasteiger partial charge < -0.3 is 19.9 Å². The number of nitrogens with one attached hydrogen (secondary N) is 1. The van der Waals surface area contributed by atoms with E-state index in [-0.39, 0.29) is 17.0 Å². The molecule has 0 unspecified atom stereocenters. The van der Waals surface area contributed by atoms with Gasteiger partial charge >= 0.3 is 5.69 Å². The number of phenolic OH excluding ortho intramolecular Hbond substituents is 1. The Labute approximate surface area is 219 Å². The Kier molecular flexibility index (Phi) is 6.56. The van der Waals surface area contributed by atoms with E-state index in [1.165, 1.54) is 21.3 Å². The number of halogens is 2. The number of hydrogen-bond donors (Lipinski definition) is 2. The Hall–Kier alpha value is -3.62. The van der Waals surface area contributed by atoms with Crippen LogP contribution in [0, 0.1) is 5.82 Å². The van der Waals surface area contributed by atoms with Crippen LogP contribution >= 0.6 is 11.6 Å². The third-order valence-corrected chi connectivity index (χ3v) is 7.69. The number of hydrogen-bond acceptors (Lipinski definition) is 5. The van der Waals surface area contributed by atoms with E-state index < -0.39 is 5.82 Å². The first-order valence-corrected chi connectivity index (χ1v) is 12.5. The van der Waals surface area contributed by atoms with Crippen molar-refractivity contribution in [3.63, 3.8) is 0 Å². The maximum absolute atomic E-state index is 14.8. The smallest absolute Gasteiger partial charge is 0.332 e. The number of rotatable bonds is 5. The molecule has 3 heterocycles. The molecule has 0 radical (unpaired) electrons. The molecular weight excluding hydrogens is 493 g/mol. The summed E-state index contributed by atoms with van der Waals surface area (Å²) >= 11 is 6.52. The highest BCUT2D eigenvalue weighted by Crippen LogP contribution is 2.41. The molecule has 1 saturated heterocycles. The molecule has 1 aliphatic rings. The minimum Gasteiger partial charge on any atom is -0.507 e. The summed E-state index contributed by atoms with van der Waals surface area (Å²) in [6.07, 6.45) is 6.92. The fourth-order valence-electron chi connectivity index (χ4n) is 4.79. The molecule has 37 heavy (non-hydrogen) atoms. The van der Waals surface area contributed by atoms with Crippen molar-refractivity contribution >= 4 is 17.4 Å². The second-order valence-electron chi connectivity index (χ2n) is 9.78. The highest BCUT2D eigenvalue weighted by atomic mass is 35.5. The van der Waals surface area contributed by atoms with Crippen LogP contribution < -0.4 is 15.9 Å². The Morgan fingerprint density at radius 2 is 1.73 bits per heavy atom. The molecule has 2 aromatic heterocycles. The fourth-order valence-corrected chi connectivity index (χ4v) is 5.07. The van der Waals surface area contributed by atoms with E-state index in [0.29, 0.717) is 33.0 Å². The lowest BCUT2D eigenvalue weighted by atomic mass is 9.90. The molecule has 0 saturated carbocycles. The number of nitrogens with zero attached hydrogens (tertiary/aromatic N) is 4. The van der Waals surface area contributed by atoms with E-state index in [1.54, 1.807) is 49.9 Å². The fraction of sp³-hybridized carbons (Fsp3) is 0.286. The van der Waals surface area contributed by atoms with Crippen LogP contribution in [0.25, 0.3) is 27.9 Å². The zero-order valence-corrected chi connectivity index (χ0v) is 21.8. The first kappa shape index (κ1) is 25.0. The average Bonchev–Trinajstić information content (AvgIpc) is 3.23. The number of imidazole rings is 1. The van der Waals surface area contributed by atoms with Gasteiger partial charge in [0.15, 0.2) is 0 Å². The molecule has 192 valence electrons. The predicted molar refractivity (Wildman–Crippen MR) is 145 cm³/mol. The van der Waals surface area contributed by atoms with Crippen molar-refractivity contribution in [2.75, 3.05) is 25.0 Å². The second kappa shape index (κ2) is 9.68. The van der Waals surface area contributed by atoms with Gasteiger partial charge in [0.1, 0.15) is 17.4 Å². The molecule has 4 aromatic rings. The van der Waals surface area contributed by atoms with Crippen molar-refractivity contribution in [2.24, 2.45) is 7.05 Å². The van der Waals surface area contributed by atoms with Gasteiger partial charge in [0, 0.05) is 55.4 Å². The maximum atomic E-state index is 14.8. The SMILES string of the molecule is CNC1(C)CCN(c2cc(-c3cc(F)cc(-c4ccc(-n5ccn(C)c5=O)c(Cl)c4)c3O)ccn2)CC1. The lowest BCUT2D eigenvalue weighted by Gasteiger charge is -2.39. The van der Waals surface area contributed by atoms with Gasteiger partial charge in [0.05, 0.1) is 10.7 Å². The molecule has 2 aromatic carbocycles. The minimum absolute atomic E-state index is 0.0550. The van der Waals surface area contributed by atoms with E-state index in [9.17, 15) is 14.3 Å². The molecule has 0 spiro atoms. The van der Waals surface area contributed by atoms with Gasteiger partial charge in [-0.3, -0.25) is 4.57 Å². The van der Waals surface area contributed by atoms with E-state index in [2.05, 4.69) is 22.1 Å². The summed E-state index contributed by atoms with van der Waals surface area (Å²) in [5.74, 6) is 0.255. The third-order valence-electron chi connectivity index (χ3n) is 7.39. The van der Waals surface area contributed by atoms with E-state index in [4.69, 9.17) is 11.6 Å². The van der Waals surface area contributed by atoms with Crippen LogP contribution in [-0.2, 0) is 7.05 Å². The number of piperidine rings is 1. The molecular formula is C28H29ClFN5O2. The number of phenols is 1. The van der Waals surface area contributed by atoms with Crippen LogP contribution in [0.2, 0.25) is 5.02 Å². The first-order valence-electron chi connectivity index (χ1n) is 12.2. The molecule has 2 N–H and O–H groups in total. The average molecular weight is 522 g/mol. The molecule has 1 aliphatic heterocycles. The highest BCUT2D eigenvalue weighted by molar-refractivity contribution is 6.32. The molecule has 9 heteroatoms. The standard InChI is InChI=1S/C28H29ClFN5O2/c1-28(31-2)7-10-34(11-8-28)25-15-19(6-9-32-25)22-17-20(30)16-21(26(22)36)18-4-5-24(23(29)14-18)35-13-12-33(3)27(35)37/h4-6,9,12-17,31,36H,7-8,10-11H2,1-3H3. The van der Waals surface area contributed by atoms with Gasteiger partial charge in [-0.2, -0.15) is 0 Å². The largest absolute Gasteiger partial charge is 0.507 e. The van der Waals surface area contributed by atoms with E-state index in [0.717, 1.165) is 31.7 Å². The number of anilines is 1. The van der Waals surface area contributed by atoms with E-state index >= 15 is 0 Å². The van der Waals surface area contributed by atoms with Crippen molar-refractivity contribution in [1.29, 1.82) is 0 Å². The number of pyridine rings is 1. The zero-order chi connectivity index (χ0) is 26.3. The summed E-state index contributed by atoms with van der Waals surface area (Å²) in [7, 11) is 3.64. The zero-order valence-electron chi connectivity index (χ0n) is 21.0. The highest BCUT2D eigenvalue weighted by Gasteiger charge is 2.29. The summed E-state index contributed by atoms with van der Waals surface area (Å²) in [4.78, 5) is 19.1. The number of benzene rings is 2. The molecule has 0 aliphatic carbocycles. The quantitative estimate of drug-likeness (QED) is 0.387. The predicted octanol–water partition coefficient (Wildman–Crippen LogP) is 4.98. The number of aryl methyl sites for hydroxylation is 1. The van der Waals surface area contributed by atoms with Crippen LogP contribution in [-0.4, -0.2) is 44.9 Å². The Morgan fingerprint density at radius 3 is 2.32 bits per heavy atom. The lowest BCUT2D eigenvalue weighted by Crippen LogP contribution is -2.50. The summed E-state index contributed by atoms with van der Waals surface area (Å²) in [6, 6.07) is 11.3. The van der Waals surface area contributed by atoms with Gasteiger partial charge in [0.25, 0.3) is 0 Å². The maximum Gasteiger partial charge on any atom is 0.332 e. The topological polar surface area (TPSA) is 75.3 Å². The Morgan fingerprint density at radius 1 is 1.05 bits per heavy atom. The second-order valence-corrected chi connectivity index (χ2v) is 10.2. The Balaban J connectivity index is 1.49. The van der Waals surface area contributed by atoms with Gasteiger partial charge in [-0.25, -0.2) is 14.2 Å². The van der Waals surface area contributed by atoms with Crippen molar-refractivity contribution in [2.45, 2.75) is 25.3 Å². The number of aromatic nitrogens is 3. The summed E-state index contributed by atoms with van der Waals surface area (Å²) in [5.41, 5.74) is 2.26. The minimum atomic E-state index is -0.483. The van der Waals surface area contributed by atoms with Crippen molar-refractivity contribution < 1.29 is 9.50 Å². The molecule has 7 nitrogen and oxygen atoms in total. The molecule has 5 rings (SSSR count). The number of aromatic hydroxyl groups is 1. The molecule has 0 amide bonds. The molecule has 1 fully saturated rings. The van der Waals surface area contributed by atoms with Crippen molar-refractivity contribution in [1.82, 2.24) is 19.4 Å². The summed E-state index contributed by atoms with van der Waals surface area (Å²) in [6.45, 7) is 3.92. The van der Waals surface area contributed by atoms with Crippen LogP contribution in [0.15, 0.2) is 65.8 Å². The first-order chi connectivity index (χ1) is 17.7. The van der Waals surface area contributed by atoms with Gasteiger partial charge in [0.2, 0.25) is 0 Å². The Bertz CT molecular complexity index is 1520. The van der Waals surface area contributed by atoms with Crippen LogP contribution in [0.4, 0.5) is 10.2 Å². The molecule has 0 atom stereocenters.